The van der Waals surface area contributed by atoms with Crippen LogP contribution in [0, 0.1) is 12.8 Å². The van der Waals surface area contributed by atoms with Gasteiger partial charge in [0, 0.05) is 39.3 Å². The summed E-state index contributed by atoms with van der Waals surface area (Å²) in [5.41, 5.74) is 4.48. The molecule has 150 valence electrons. The molecule has 3 aromatic rings. The van der Waals surface area contributed by atoms with Gasteiger partial charge in [0.05, 0.1) is 11.9 Å². The van der Waals surface area contributed by atoms with Crippen LogP contribution in [0.3, 0.4) is 0 Å². The summed E-state index contributed by atoms with van der Waals surface area (Å²) in [5, 5.41) is 13.4. The van der Waals surface area contributed by atoms with Gasteiger partial charge in [-0.3, -0.25) is 4.68 Å². The summed E-state index contributed by atoms with van der Waals surface area (Å²) in [7, 11) is 1.95. The fourth-order valence-electron chi connectivity index (χ4n) is 4.97. The molecule has 2 atom stereocenters. The van der Waals surface area contributed by atoms with E-state index in [4.69, 9.17) is 0 Å². The maximum atomic E-state index is 4.59. The summed E-state index contributed by atoms with van der Waals surface area (Å²) < 4.78 is 1.87. The average Bonchev–Trinajstić information content (AvgIpc) is 3.42. The number of likely N-dealkylation sites (tertiary alicyclic amines) is 1. The van der Waals surface area contributed by atoms with E-state index in [2.05, 4.69) is 74.5 Å². The second kappa shape index (κ2) is 7.59. The summed E-state index contributed by atoms with van der Waals surface area (Å²) in [4.78, 5) is 5.09. The van der Waals surface area contributed by atoms with E-state index in [1.165, 1.54) is 18.5 Å². The lowest BCUT2D eigenvalue weighted by atomic mass is 10.1. The van der Waals surface area contributed by atoms with E-state index in [0.29, 0.717) is 6.04 Å². The molecule has 2 aliphatic heterocycles. The van der Waals surface area contributed by atoms with Crippen LogP contribution in [0.1, 0.15) is 17.5 Å². The third kappa shape index (κ3) is 3.53. The van der Waals surface area contributed by atoms with Crippen LogP contribution < -0.4 is 4.90 Å². The minimum atomic E-state index is 0.560. The van der Waals surface area contributed by atoms with Gasteiger partial charge in [-0.25, -0.2) is 0 Å². The van der Waals surface area contributed by atoms with E-state index in [9.17, 15) is 0 Å². The van der Waals surface area contributed by atoms with Gasteiger partial charge < -0.3 is 9.80 Å². The van der Waals surface area contributed by atoms with Gasteiger partial charge in [0.2, 0.25) is 0 Å². The molecule has 2 unspecified atom stereocenters. The molecular weight excluding hydrogens is 360 g/mol. The number of aryl methyl sites for hydroxylation is 2. The van der Waals surface area contributed by atoms with Crippen molar-refractivity contribution < 1.29 is 0 Å². The van der Waals surface area contributed by atoms with Gasteiger partial charge in [-0.1, -0.05) is 30.3 Å². The van der Waals surface area contributed by atoms with Crippen LogP contribution in [-0.4, -0.2) is 57.1 Å². The van der Waals surface area contributed by atoms with E-state index >= 15 is 0 Å². The monoisotopic (exact) mass is 388 g/mol. The van der Waals surface area contributed by atoms with E-state index in [1.54, 1.807) is 0 Å². The predicted octanol–water partition coefficient (Wildman–Crippen LogP) is 2.94. The molecule has 0 amide bonds. The van der Waals surface area contributed by atoms with Crippen molar-refractivity contribution >= 4 is 5.82 Å². The summed E-state index contributed by atoms with van der Waals surface area (Å²) >= 11 is 0. The highest BCUT2D eigenvalue weighted by atomic mass is 15.3. The number of hydrogen-bond acceptors (Lipinski definition) is 5. The molecule has 0 spiro atoms. The van der Waals surface area contributed by atoms with Gasteiger partial charge in [0.15, 0.2) is 5.82 Å². The Morgan fingerprint density at radius 3 is 2.62 bits per heavy atom. The number of fused-ring (bicyclic) bond motifs is 1. The van der Waals surface area contributed by atoms with Crippen LogP contribution >= 0.6 is 0 Å². The van der Waals surface area contributed by atoms with Crippen LogP contribution in [0.25, 0.3) is 11.4 Å². The number of rotatable bonds is 5. The van der Waals surface area contributed by atoms with Crippen molar-refractivity contribution in [1.29, 1.82) is 0 Å². The van der Waals surface area contributed by atoms with E-state index in [0.717, 1.165) is 54.7 Å². The second-order valence-corrected chi connectivity index (χ2v) is 8.38. The highest BCUT2D eigenvalue weighted by molar-refractivity contribution is 5.59. The molecule has 29 heavy (non-hydrogen) atoms. The van der Waals surface area contributed by atoms with Crippen LogP contribution in [0.2, 0.25) is 0 Å². The first-order valence-corrected chi connectivity index (χ1v) is 10.5. The molecule has 0 N–H and O–H groups in total. The lowest BCUT2D eigenvalue weighted by Gasteiger charge is -2.25. The number of benzene rings is 1. The third-order valence-electron chi connectivity index (χ3n) is 6.49. The zero-order valence-corrected chi connectivity index (χ0v) is 17.2. The largest absolute Gasteiger partial charge is 0.351 e. The Morgan fingerprint density at radius 1 is 1.03 bits per heavy atom. The van der Waals surface area contributed by atoms with E-state index in [1.807, 2.05) is 17.9 Å². The lowest BCUT2D eigenvalue weighted by molar-refractivity contribution is 0.321. The van der Waals surface area contributed by atoms with Crippen LogP contribution in [0.15, 0.2) is 48.7 Å². The molecule has 6 heteroatoms. The van der Waals surface area contributed by atoms with Gasteiger partial charge in [0.25, 0.3) is 0 Å². The van der Waals surface area contributed by atoms with Crippen molar-refractivity contribution in [3.8, 4) is 11.4 Å². The minimum Gasteiger partial charge on any atom is -0.351 e. The summed E-state index contributed by atoms with van der Waals surface area (Å²) in [6.07, 6.45) is 4.24. The number of nitrogens with zero attached hydrogens (tertiary/aromatic N) is 6. The van der Waals surface area contributed by atoms with Crippen LogP contribution in [-0.2, 0) is 13.5 Å². The fraction of sp³-hybridized carbons (Fsp3) is 0.435. The topological polar surface area (TPSA) is 50.1 Å². The highest BCUT2D eigenvalue weighted by Gasteiger charge is 2.41. The van der Waals surface area contributed by atoms with Gasteiger partial charge in [-0.2, -0.15) is 5.10 Å². The van der Waals surface area contributed by atoms with Gasteiger partial charge >= 0.3 is 0 Å². The molecule has 2 aromatic heterocycles. The summed E-state index contributed by atoms with van der Waals surface area (Å²) in [5.74, 6) is 1.75. The Balaban J connectivity index is 1.25. The number of aromatic nitrogens is 4. The zero-order chi connectivity index (χ0) is 19.8. The Morgan fingerprint density at radius 2 is 1.90 bits per heavy atom. The molecule has 0 bridgehead atoms. The Kier molecular flexibility index (Phi) is 4.79. The summed E-state index contributed by atoms with van der Waals surface area (Å²) in [6, 6.07) is 15.6. The molecule has 0 saturated carbocycles. The molecule has 0 aliphatic carbocycles. The molecule has 2 saturated heterocycles. The van der Waals surface area contributed by atoms with Crippen molar-refractivity contribution in [2.24, 2.45) is 13.0 Å². The smallest absolute Gasteiger partial charge is 0.151 e. The summed E-state index contributed by atoms with van der Waals surface area (Å²) in [6.45, 7) is 6.61. The molecule has 2 fully saturated rings. The normalized spacial score (nSPS) is 21.7. The molecule has 6 nitrogen and oxygen atoms in total. The Hall–Kier alpha value is -2.73. The first kappa shape index (κ1) is 18.3. The molecular formula is C23H28N6. The molecule has 5 rings (SSSR count). The first-order valence-electron chi connectivity index (χ1n) is 10.5. The number of hydrogen-bond donors (Lipinski definition) is 0. The maximum absolute atomic E-state index is 4.59. The van der Waals surface area contributed by atoms with Crippen molar-refractivity contribution in [3.05, 3.63) is 59.8 Å². The quantitative estimate of drug-likeness (QED) is 0.673. The van der Waals surface area contributed by atoms with Crippen LogP contribution in [0.4, 0.5) is 5.82 Å². The van der Waals surface area contributed by atoms with Crippen molar-refractivity contribution in [2.45, 2.75) is 25.8 Å². The SMILES string of the molecule is Cc1cnn(C)c1-c1ccc(N2CCC3CN(CCc4ccccc4)CC32)nn1. The zero-order valence-electron chi connectivity index (χ0n) is 17.2. The molecule has 4 heterocycles. The standard InChI is InChI=1S/C23H28N6/c1-17-14-24-27(2)23(17)20-8-9-22(26-25-20)29-13-11-19-15-28(16-21(19)29)12-10-18-6-4-3-5-7-18/h3-9,14,19,21H,10-13,15-16H2,1-2H3. The fourth-order valence-corrected chi connectivity index (χ4v) is 4.97. The number of anilines is 1. The van der Waals surface area contributed by atoms with Crippen molar-refractivity contribution in [2.75, 3.05) is 31.1 Å². The van der Waals surface area contributed by atoms with Crippen LogP contribution in [0.5, 0.6) is 0 Å². The lowest BCUT2D eigenvalue weighted by Crippen LogP contribution is -2.36. The molecule has 2 aliphatic rings. The Labute approximate surface area is 172 Å². The molecule has 0 radical (unpaired) electrons. The third-order valence-corrected chi connectivity index (χ3v) is 6.49. The predicted molar refractivity (Wildman–Crippen MR) is 115 cm³/mol. The van der Waals surface area contributed by atoms with Crippen molar-refractivity contribution in [3.63, 3.8) is 0 Å². The van der Waals surface area contributed by atoms with Crippen molar-refractivity contribution in [1.82, 2.24) is 24.9 Å². The van der Waals surface area contributed by atoms with E-state index < -0.39 is 0 Å². The van der Waals surface area contributed by atoms with E-state index in [-0.39, 0.29) is 0 Å². The average molecular weight is 389 g/mol. The van der Waals surface area contributed by atoms with Gasteiger partial charge in [-0.05, 0) is 48.9 Å². The maximum Gasteiger partial charge on any atom is 0.151 e. The minimum absolute atomic E-state index is 0.560. The highest BCUT2D eigenvalue weighted by Crippen LogP contribution is 2.34. The molecule has 1 aromatic carbocycles. The Bertz CT molecular complexity index is 945. The second-order valence-electron chi connectivity index (χ2n) is 8.38. The van der Waals surface area contributed by atoms with Gasteiger partial charge in [0.1, 0.15) is 5.69 Å². The first-order chi connectivity index (χ1) is 14.2. The van der Waals surface area contributed by atoms with Gasteiger partial charge in [-0.15, -0.1) is 10.2 Å².